The average molecular weight is 261 g/mol. The molecule has 1 N–H and O–H groups in total. The Morgan fingerprint density at radius 2 is 2.11 bits per heavy atom. The van der Waals surface area contributed by atoms with E-state index in [1.807, 2.05) is 6.92 Å². The molecule has 19 heavy (non-hydrogen) atoms. The first-order valence-corrected chi connectivity index (χ1v) is 5.97. The van der Waals surface area contributed by atoms with Crippen molar-refractivity contribution in [3.63, 3.8) is 0 Å². The molecule has 0 aliphatic rings. The minimum Gasteiger partial charge on any atom is -0.494 e. The number of hydrogen-bond donors (Lipinski definition) is 1. The van der Waals surface area contributed by atoms with E-state index in [4.69, 9.17) is 4.74 Å². The zero-order chi connectivity index (χ0) is 13.7. The van der Waals surface area contributed by atoms with Gasteiger partial charge in [-0.3, -0.25) is 10.1 Å². The van der Waals surface area contributed by atoms with Crippen LogP contribution in [0.15, 0.2) is 24.3 Å². The number of carbonyl (C=O) groups excluding carboxylic acids is 1. The minimum atomic E-state index is -0.264. The lowest BCUT2D eigenvalue weighted by molar-refractivity contribution is 0.102. The highest BCUT2D eigenvalue weighted by Crippen LogP contribution is 2.13. The molecule has 2 rings (SSSR count). The smallest absolute Gasteiger partial charge is 0.258 e. The highest BCUT2D eigenvalue weighted by Gasteiger charge is 2.10. The van der Waals surface area contributed by atoms with E-state index in [1.54, 1.807) is 31.3 Å². The Hall–Kier alpha value is -2.44. The lowest BCUT2D eigenvalue weighted by Gasteiger charge is -2.06. The largest absolute Gasteiger partial charge is 0.494 e. The maximum Gasteiger partial charge on any atom is 0.258 e. The molecule has 0 saturated heterocycles. The van der Waals surface area contributed by atoms with Gasteiger partial charge in [0.15, 0.2) is 0 Å². The SMILES string of the molecule is CCCOc1ccc(C(=O)Nc2nnnn2C)cc1. The highest BCUT2D eigenvalue weighted by molar-refractivity contribution is 6.03. The fourth-order valence-corrected chi connectivity index (χ4v) is 1.43. The molecular formula is C12H15N5O2. The van der Waals surface area contributed by atoms with Crippen LogP contribution in [0, 0.1) is 0 Å². The molecule has 0 atom stereocenters. The molecule has 0 radical (unpaired) electrons. The summed E-state index contributed by atoms with van der Waals surface area (Å²) in [5, 5.41) is 13.4. The van der Waals surface area contributed by atoms with E-state index < -0.39 is 0 Å². The minimum absolute atomic E-state index is 0.264. The Morgan fingerprint density at radius 3 is 2.68 bits per heavy atom. The van der Waals surface area contributed by atoms with Crippen LogP contribution in [0.5, 0.6) is 5.75 Å². The summed E-state index contributed by atoms with van der Waals surface area (Å²) in [6.07, 6.45) is 0.946. The highest BCUT2D eigenvalue weighted by atomic mass is 16.5. The Morgan fingerprint density at radius 1 is 1.37 bits per heavy atom. The van der Waals surface area contributed by atoms with Gasteiger partial charge in [0.25, 0.3) is 5.91 Å². The first-order valence-electron chi connectivity index (χ1n) is 5.97. The molecule has 7 heteroatoms. The molecule has 0 unspecified atom stereocenters. The molecule has 0 bridgehead atoms. The van der Waals surface area contributed by atoms with E-state index in [9.17, 15) is 4.79 Å². The number of ether oxygens (including phenoxy) is 1. The number of tetrazole rings is 1. The predicted octanol–water partition coefficient (Wildman–Crippen LogP) is 1.25. The van der Waals surface area contributed by atoms with E-state index in [0.29, 0.717) is 18.1 Å². The third kappa shape index (κ3) is 3.27. The van der Waals surface area contributed by atoms with Gasteiger partial charge in [-0.15, -0.1) is 0 Å². The summed E-state index contributed by atoms with van der Waals surface area (Å²) in [7, 11) is 1.65. The van der Waals surface area contributed by atoms with Crippen molar-refractivity contribution in [2.45, 2.75) is 13.3 Å². The zero-order valence-electron chi connectivity index (χ0n) is 10.8. The molecular weight excluding hydrogens is 246 g/mol. The van der Waals surface area contributed by atoms with Crippen molar-refractivity contribution in [2.24, 2.45) is 7.05 Å². The number of aryl methyl sites for hydroxylation is 1. The summed E-state index contributed by atoms with van der Waals surface area (Å²) in [6.45, 7) is 2.70. The van der Waals surface area contributed by atoms with Crippen LogP contribution >= 0.6 is 0 Å². The van der Waals surface area contributed by atoms with Gasteiger partial charge < -0.3 is 4.74 Å². The number of rotatable bonds is 5. The lowest BCUT2D eigenvalue weighted by Crippen LogP contribution is -2.15. The van der Waals surface area contributed by atoms with Crippen molar-refractivity contribution in [1.82, 2.24) is 20.2 Å². The summed E-state index contributed by atoms with van der Waals surface area (Å²) < 4.78 is 6.83. The molecule has 100 valence electrons. The number of hydrogen-bond acceptors (Lipinski definition) is 5. The van der Waals surface area contributed by atoms with Crippen LogP contribution in [-0.4, -0.2) is 32.7 Å². The van der Waals surface area contributed by atoms with Gasteiger partial charge in [0.2, 0.25) is 5.95 Å². The fourth-order valence-electron chi connectivity index (χ4n) is 1.43. The monoisotopic (exact) mass is 261 g/mol. The van der Waals surface area contributed by atoms with Gasteiger partial charge in [-0.1, -0.05) is 12.0 Å². The van der Waals surface area contributed by atoms with Gasteiger partial charge in [0.1, 0.15) is 5.75 Å². The standard InChI is InChI=1S/C12H15N5O2/c1-3-8-19-10-6-4-9(5-7-10)11(18)13-12-14-15-16-17(12)2/h4-7H,3,8H2,1-2H3,(H,13,14,16,18). The summed E-state index contributed by atoms with van der Waals surface area (Å²) in [6, 6.07) is 6.92. The first kappa shape index (κ1) is 13.0. The Labute approximate surface area is 110 Å². The van der Waals surface area contributed by atoms with Gasteiger partial charge in [0.05, 0.1) is 6.61 Å². The van der Waals surface area contributed by atoms with Crippen LogP contribution in [-0.2, 0) is 7.05 Å². The van der Waals surface area contributed by atoms with Crippen LogP contribution in [0.3, 0.4) is 0 Å². The Balaban J connectivity index is 2.01. The van der Waals surface area contributed by atoms with E-state index in [2.05, 4.69) is 20.8 Å². The maximum absolute atomic E-state index is 11.9. The predicted molar refractivity (Wildman–Crippen MR) is 69.0 cm³/mol. The summed E-state index contributed by atoms with van der Waals surface area (Å²) in [4.78, 5) is 11.9. The summed E-state index contributed by atoms with van der Waals surface area (Å²) in [5.74, 6) is 0.787. The second kappa shape index (κ2) is 5.94. The third-order valence-corrected chi connectivity index (χ3v) is 2.43. The Kier molecular flexibility index (Phi) is 4.07. The van der Waals surface area contributed by atoms with Gasteiger partial charge in [0, 0.05) is 12.6 Å². The number of benzene rings is 1. The van der Waals surface area contributed by atoms with E-state index >= 15 is 0 Å². The molecule has 2 aromatic rings. The maximum atomic E-state index is 11.9. The van der Waals surface area contributed by atoms with Crippen molar-refractivity contribution in [2.75, 3.05) is 11.9 Å². The molecule has 1 amide bonds. The molecule has 7 nitrogen and oxygen atoms in total. The van der Waals surface area contributed by atoms with E-state index in [1.165, 1.54) is 4.68 Å². The topological polar surface area (TPSA) is 81.9 Å². The van der Waals surface area contributed by atoms with Crippen molar-refractivity contribution in [3.8, 4) is 5.75 Å². The normalized spacial score (nSPS) is 10.2. The molecule has 0 aliphatic carbocycles. The average Bonchev–Trinajstić information content (AvgIpc) is 2.82. The molecule has 1 aromatic heterocycles. The third-order valence-electron chi connectivity index (χ3n) is 2.43. The van der Waals surface area contributed by atoms with Crippen LogP contribution in [0.1, 0.15) is 23.7 Å². The second-order valence-corrected chi connectivity index (χ2v) is 3.95. The molecule has 0 spiro atoms. The summed E-state index contributed by atoms with van der Waals surface area (Å²) >= 11 is 0. The molecule has 0 aliphatic heterocycles. The second-order valence-electron chi connectivity index (χ2n) is 3.95. The van der Waals surface area contributed by atoms with E-state index in [-0.39, 0.29) is 5.91 Å². The molecule has 0 saturated carbocycles. The fraction of sp³-hybridized carbons (Fsp3) is 0.333. The summed E-state index contributed by atoms with van der Waals surface area (Å²) in [5.41, 5.74) is 0.520. The van der Waals surface area contributed by atoms with Gasteiger partial charge in [-0.05, 0) is 41.1 Å². The van der Waals surface area contributed by atoms with Crippen molar-refractivity contribution in [1.29, 1.82) is 0 Å². The van der Waals surface area contributed by atoms with Gasteiger partial charge in [-0.2, -0.15) is 0 Å². The molecule has 1 heterocycles. The zero-order valence-corrected chi connectivity index (χ0v) is 10.8. The molecule has 1 aromatic carbocycles. The first-order chi connectivity index (χ1) is 9.20. The number of amides is 1. The van der Waals surface area contributed by atoms with Crippen molar-refractivity contribution < 1.29 is 9.53 Å². The number of anilines is 1. The van der Waals surface area contributed by atoms with Crippen molar-refractivity contribution >= 4 is 11.9 Å². The number of nitrogens with zero attached hydrogens (tertiary/aromatic N) is 4. The van der Waals surface area contributed by atoms with Crippen LogP contribution in [0.4, 0.5) is 5.95 Å². The van der Waals surface area contributed by atoms with Crippen LogP contribution in [0.25, 0.3) is 0 Å². The van der Waals surface area contributed by atoms with Gasteiger partial charge in [-0.25, -0.2) is 4.68 Å². The number of aromatic nitrogens is 4. The van der Waals surface area contributed by atoms with Crippen molar-refractivity contribution in [3.05, 3.63) is 29.8 Å². The lowest BCUT2D eigenvalue weighted by atomic mass is 10.2. The van der Waals surface area contributed by atoms with Crippen LogP contribution < -0.4 is 10.1 Å². The van der Waals surface area contributed by atoms with Gasteiger partial charge >= 0.3 is 0 Å². The number of carbonyl (C=O) groups is 1. The van der Waals surface area contributed by atoms with Crippen LogP contribution in [0.2, 0.25) is 0 Å². The van der Waals surface area contributed by atoms with E-state index in [0.717, 1.165) is 12.2 Å². The number of nitrogens with one attached hydrogen (secondary N) is 1. The molecule has 0 fully saturated rings. The quantitative estimate of drug-likeness (QED) is 0.876. The Bertz CT molecular complexity index is 550.